The van der Waals surface area contributed by atoms with Gasteiger partial charge in [0.15, 0.2) is 0 Å². The Morgan fingerprint density at radius 3 is 2.82 bits per heavy atom. The van der Waals surface area contributed by atoms with Crippen LogP contribution >= 0.6 is 0 Å². The number of nitrogens with zero attached hydrogens (tertiary/aromatic N) is 1. The Balaban J connectivity index is 2.02. The van der Waals surface area contributed by atoms with Gasteiger partial charge in [-0.3, -0.25) is 0 Å². The molecule has 0 aromatic rings. The zero-order chi connectivity index (χ0) is 12.6. The third kappa shape index (κ3) is 5.82. The molecule has 0 bridgehead atoms. The van der Waals surface area contributed by atoms with E-state index in [9.17, 15) is 0 Å². The van der Waals surface area contributed by atoms with Gasteiger partial charge >= 0.3 is 0 Å². The molecular weight excluding hydrogens is 216 g/mol. The first-order valence-electron chi connectivity index (χ1n) is 6.64. The molecule has 1 heterocycles. The Morgan fingerprint density at radius 2 is 2.12 bits per heavy atom. The van der Waals surface area contributed by atoms with Crippen molar-refractivity contribution in [1.82, 2.24) is 10.2 Å². The van der Waals surface area contributed by atoms with Gasteiger partial charge in [-0.2, -0.15) is 0 Å². The number of likely N-dealkylation sites (tertiary alicyclic amines) is 1. The molecule has 0 aliphatic carbocycles. The van der Waals surface area contributed by atoms with Crippen LogP contribution in [0.1, 0.15) is 19.8 Å². The first-order chi connectivity index (χ1) is 8.20. The van der Waals surface area contributed by atoms with Gasteiger partial charge in [0.25, 0.3) is 0 Å². The van der Waals surface area contributed by atoms with Gasteiger partial charge in [-0.1, -0.05) is 6.92 Å². The van der Waals surface area contributed by atoms with Crippen LogP contribution in [0, 0.1) is 5.41 Å². The maximum Gasteiger partial charge on any atom is 0.0593 e. The summed E-state index contributed by atoms with van der Waals surface area (Å²) in [5, 5.41) is 3.29. The minimum atomic E-state index is 0.449. The fourth-order valence-corrected chi connectivity index (χ4v) is 2.49. The van der Waals surface area contributed by atoms with Crippen molar-refractivity contribution in [3.8, 4) is 0 Å². The van der Waals surface area contributed by atoms with Crippen molar-refractivity contribution in [1.29, 1.82) is 0 Å². The van der Waals surface area contributed by atoms with Crippen molar-refractivity contribution < 1.29 is 9.47 Å². The molecule has 1 atom stereocenters. The van der Waals surface area contributed by atoms with Crippen LogP contribution in [0.4, 0.5) is 0 Å². The Kier molecular flexibility index (Phi) is 7.04. The fourth-order valence-electron chi connectivity index (χ4n) is 2.49. The number of hydrogen-bond donors (Lipinski definition) is 1. The maximum atomic E-state index is 5.59. The van der Waals surface area contributed by atoms with E-state index in [1.54, 1.807) is 7.11 Å². The molecule has 4 nitrogen and oxygen atoms in total. The van der Waals surface area contributed by atoms with Gasteiger partial charge in [0, 0.05) is 40.0 Å². The highest BCUT2D eigenvalue weighted by Crippen LogP contribution is 2.28. The summed E-state index contributed by atoms with van der Waals surface area (Å²) in [5.41, 5.74) is 0.449. The Hall–Kier alpha value is -0.160. The van der Waals surface area contributed by atoms with Crippen molar-refractivity contribution in [2.24, 2.45) is 5.41 Å². The van der Waals surface area contributed by atoms with E-state index in [2.05, 4.69) is 17.1 Å². The van der Waals surface area contributed by atoms with E-state index in [0.717, 1.165) is 39.3 Å². The predicted molar refractivity (Wildman–Crippen MR) is 70.4 cm³/mol. The van der Waals surface area contributed by atoms with Crippen LogP contribution in [0.25, 0.3) is 0 Å². The lowest BCUT2D eigenvalue weighted by molar-refractivity contribution is 0.0863. The molecule has 4 heteroatoms. The summed E-state index contributed by atoms with van der Waals surface area (Å²) in [6, 6.07) is 0. The predicted octanol–water partition coefficient (Wildman–Crippen LogP) is 0.971. The van der Waals surface area contributed by atoms with E-state index in [-0.39, 0.29) is 0 Å². The molecule has 1 unspecified atom stereocenters. The normalized spacial score (nSPS) is 25.6. The van der Waals surface area contributed by atoms with Crippen molar-refractivity contribution in [2.45, 2.75) is 19.8 Å². The molecule has 0 aromatic heterocycles. The van der Waals surface area contributed by atoms with Gasteiger partial charge in [0.05, 0.1) is 6.61 Å². The van der Waals surface area contributed by atoms with Gasteiger partial charge in [-0.15, -0.1) is 0 Å². The number of methoxy groups -OCH3 is 1. The van der Waals surface area contributed by atoms with Crippen LogP contribution in [0.3, 0.4) is 0 Å². The molecule has 102 valence electrons. The minimum absolute atomic E-state index is 0.449. The molecule has 1 aliphatic rings. The Bertz CT molecular complexity index is 202. The Morgan fingerprint density at radius 1 is 1.29 bits per heavy atom. The number of rotatable bonds is 9. The third-order valence-corrected chi connectivity index (χ3v) is 3.43. The second-order valence-electron chi connectivity index (χ2n) is 5.33. The molecule has 0 saturated carbocycles. The second-order valence-corrected chi connectivity index (χ2v) is 5.33. The van der Waals surface area contributed by atoms with E-state index in [1.165, 1.54) is 19.5 Å². The molecule has 0 radical (unpaired) electrons. The minimum Gasteiger partial charge on any atom is -0.385 e. The maximum absolute atomic E-state index is 5.59. The highest BCUT2D eigenvalue weighted by molar-refractivity contribution is 4.87. The lowest BCUT2D eigenvalue weighted by Crippen LogP contribution is -2.34. The Labute approximate surface area is 106 Å². The standard InChI is InChI=1S/C13H28N2O2/c1-13(11-14-2)5-6-15(12-13)7-10-17-9-4-8-16-3/h14H,4-12H2,1-3H3. The van der Waals surface area contributed by atoms with E-state index < -0.39 is 0 Å². The largest absolute Gasteiger partial charge is 0.385 e. The molecule has 0 spiro atoms. The van der Waals surface area contributed by atoms with Crippen LogP contribution < -0.4 is 5.32 Å². The molecule has 1 saturated heterocycles. The monoisotopic (exact) mass is 244 g/mol. The fraction of sp³-hybridized carbons (Fsp3) is 1.00. The van der Waals surface area contributed by atoms with Crippen LogP contribution in [0.15, 0.2) is 0 Å². The zero-order valence-electron chi connectivity index (χ0n) is 11.6. The number of hydrogen-bond acceptors (Lipinski definition) is 4. The first-order valence-corrected chi connectivity index (χ1v) is 6.64. The quantitative estimate of drug-likeness (QED) is 0.613. The molecule has 1 N–H and O–H groups in total. The summed E-state index contributed by atoms with van der Waals surface area (Å²) in [6.07, 6.45) is 2.28. The zero-order valence-corrected chi connectivity index (χ0v) is 11.6. The third-order valence-electron chi connectivity index (χ3n) is 3.43. The van der Waals surface area contributed by atoms with Crippen LogP contribution in [0.5, 0.6) is 0 Å². The SMILES string of the molecule is CNCC1(C)CCN(CCOCCCOC)C1. The molecule has 1 aliphatic heterocycles. The summed E-state index contributed by atoms with van der Waals surface area (Å²) in [6.45, 7) is 9.39. The van der Waals surface area contributed by atoms with Gasteiger partial charge in [0.1, 0.15) is 0 Å². The van der Waals surface area contributed by atoms with Gasteiger partial charge in [-0.05, 0) is 31.8 Å². The van der Waals surface area contributed by atoms with E-state index in [1.807, 2.05) is 7.05 Å². The van der Waals surface area contributed by atoms with Gasteiger partial charge < -0.3 is 19.7 Å². The topological polar surface area (TPSA) is 33.7 Å². The van der Waals surface area contributed by atoms with Crippen LogP contribution in [-0.2, 0) is 9.47 Å². The summed E-state index contributed by atoms with van der Waals surface area (Å²) in [4.78, 5) is 2.51. The van der Waals surface area contributed by atoms with Crippen molar-refractivity contribution in [2.75, 3.05) is 60.2 Å². The molecule has 1 rings (SSSR count). The summed E-state index contributed by atoms with van der Waals surface area (Å²) in [5.74, 6) is 0. The average molecular weight is 244 g/mol. The second kappa shape index (κ2) is 8.03. The molecular formula is C13H28N2O2. The lowest BCUT2D eigenvalue weighted by atomic mass is 9.90. The van der Waals surface area contributed by atoms with Crippen molar-refractivity contribution in [3.63, 3.8) is 0 Å². The highest BCUT2D eigenvalue weighted by Gasteiger charge is 2.32. The van der Waals surface area contributed by atoms with Crippen LogP contribution in [-0.4, -0.2) is 65.1 Å². The lowest BCUT2D eigenvalue weighted by Gasteiger charge is -2.24. The van der Waals surface area contributed by atoms with Gasteiger partial charge in [-0.25, -0.2) is 0 Å². The summed E-state index contributed by atoms with van der Waals surface area (Å²) in [7, 11) is 3.76. The smallest absolute Gasteiger partial charge is 0.0593 e. The first kappa shape index (κ1) is 14.9. The molecule has 0 aromatic carbocycles. The number of nitrogens with one attached hydrogen (secondary N) is 1. The molecule has 0 amide bonds. The van der Waals surface area contributed by atoms with Crippen molar-refractivity contribution >= 4 is 0 Å². The summed E-state index contributed by atoms with van der Waals surface area (Å²) >= 11 is 0. The van der Waals surface area contributed by atoms with E-state index in [0.29, 0.717) is 5.41 Å². The van der Waals surface area contributed by atoms with Gasteiger partial charge in [0.2, 0.25) is 0 Å². The highest BCUT2D eigenvalue weighted by atomic mass is 16.5. The number of ether oxygens (including phenoxy) is 2. The van der Waals surface area contributed by atoms with Crippen LogP contribution in [0.2, 0.25) is 0 Å². The average Bonchev–Trinajstić information content (AvgIpc) is 2.66. The molecule has 17 heavy (non-hydrogen) atoms. The van der Waals surface area contributed by atoms with E-state index >= 15 is 0 Å². The van der Waals surface area contributed by atoms with E-state index in [4.69, 9.17) is 9.47 Å². The molecule has 1 fully saturated rings. The van der Waals surface area contributed by atoms with Crippen molar-refractivity contribution in [3.05, 3.63) is 0 Å². The summed E-state index contributed by atoms with van der Waals surface area (Å²) < 4.78 is 10.6.